The molecular weight excluding hydrogens is 477 g/mol. The van der Waals surface area contributed by atoms with Gasteiger partial charge in [-0.25, -0.2) is 23.1 Å². The number of nitrogens with two attached hydrogens (primary N) is 1. The number of nitrogen functional groups attached to an aromatic ring is 1. The minimum Gasteiger partial charge on any atom is -0.493 e. The van der Waals surface area contributed by atoms with Gasteiger partial charge in [-0.2, -0.15) is 0 Å². The third-order valence-electron chi connectivity index (χ3n) is 3.88. The molecule has 14 heteroatoms. The zero-order valence-electron chi connectivity index (χ0n) is 16.9. The molecule has 0 aliphatic carbocycles. The number of fused-ring (bicyclic) bond motifs is 1. The predicted molar refractivity (Wildman–Crippen MR) is 111 cm³/mol. The molecule has 3 rings (SSSR count). The largest absolute Gasteiger partial charge is 0.573 e. The average Bonchev–Trinajstić information content (AvgIpc) is 2.74. The van der Waals surface area contributed by atoms with Gasteiger partial charge in [-0.15, -0.1) is 13.2 Å². The molecule has 0 aliphatic heterocycles. The van der Waals surface area contributed by atoms with Gasteiger partial charge in [-0.1, -0.05) is 11.6 Å². The first-order chi connectivity index (χ1) is 14.9. The maximum absolute atomic E-state index is 11.9. The number of methoxy groups -OCH3 is 2. The number of ether oxygens (including phenoxy) is 3. The SMILES string of the molecule is CNS(=O)(=O)c1ccc(OC(F)(F)F)c(N)c1.COc1cc2ncnc(Cl)c2cc1OC. The van der Waals surface area contributed by atoms with Crippen molar-refractivity contribution in [3.63, 3.8) is 0 Å². The lowest BCUT2D eigenvalue weighted by atomic mass is 10.2. The molecule has 32 heavy (non-hydrogen) atoms. The lowest BCUT2D eigenvalue weighted by Gasteiger charge is -2.12. The van der Waals surface area contributed by atoms with Crippen LogP contribution in [0.5, 0.6) is 17.2 Å². The Balaban J connectivity index is 0.000000228. The molecule has 2 aromatic carbocycles. The molecule has 0 fully saturated rings. The van der Waals surface area contributed by atoms with Gasteiger partial charge in [0, 0.05) is 11.5 Å². The quantitative estimate of drug-likeness (QED) is 0.408. The van der Waals surface area contributed by atoms with Gasteiger partial charge >= 0.3 is 6.36 Å². The molecule has 0 aliphatic rings. The van der Waals surface area contributed by atoms with Crippen molar-refractivity contribution in [3.05, 3.63) is 41.8 Å². The van der Waals surface area contributed by atoms with Gasteiger partial charge in [0.2, 0.25) is 10.0 Å². The van der Waals surface area contributed by atoms with Crippen molar-refractivity contribution in [1.29, 1.82) is 0 Å². The van der Waals surface area contributed by atoms with E-state index in [0.717, 1.165) is 29.1 Å². The molecule has 0 radical (unpaired) electrons. The normalized spacial score (nSPS) is 11.5. The van der Waals surface area contributed by atoms with Gasteiger partial charge in [0.15, 0.2) is 17.2 Å². The van der Waals surface area contributed by atoms with Crippen molar-refractivity contribution >= 4 is 38.2 Å². The standard InChI is InChI=1S/C10H9ClN2O2.C8H9F3N2O3S/c1-14-8-3-6-7(4-9(8)15-2)12-5-13-10(6)11;1-13-17(14,15)5-2-3-7(6(12)4-5)16-8(9,10)11/h3-5H,1-2H3;2-4,13H,12H2,1H3. The van der Waals surface area contributed by atoms with Crippen LogP contribution in [0.4, 0.5) is 18.9 Å². The summed E-state index contributed by atoms with van der Waals surface area (Å²) in [6.07, 6.45) is -3.46. The van der Waals surface area contributed by atoms with Crippen LogP contribution in [-0.2, 0) is 10.0 Å². The van der Waals surface area contributed by atoms with Crippen LogP contribution in [0.15, 0.2) is 41.6 Å². The van der Waals surface area contributed by atoms with Crippen LogP contribution in [0.25, 0.3) is 10.9 Å². The Morgan fingerprint density at radius 3 is 2.19 bits per heavy atom. The second kappa shape index (κ2) is 10.1. The monoisotopic (exact) mass is 494 g/mol. The number of halogens is 4. The fourth-order valence-electron chi connectivity index (χ4n) is 2.38. The number of benzene rings is 2. The maximum atomic E-state index is 11.9. The second-order valence-electron chi connectivity index (χ2n) is 5.84. The lowest BCUT2D eigenvalue weighted by Crippen LogP contribution is -2.20. The maximum Gasteiger partial charge on any atom is 0.573 e. The van der Waals surface area contributed by atoms with E-state index in [2.05, 4.69) is 14.7 Å². The third-order valence-corrected chi connectivity index (χ3v) is 5.59. The van der Waals surface area contributed by atoms with E-state index in [4.69, 9.17) is 26.8 Å². The summed E-state index contributed by atoms with van der Waals surface area (Å²) in [5, 5.41) is 1.15. The van der Waals surface area contributed by atoms with Gasteiger partial charge in [0.1, 0.15) is 11.5 Å². The van der Waals surface area contributed by atoms with E-state index in [1.807, 2.05) is 4.72 Å². The number of nitrogens with zero attached hydrogens (tertiary/aromatic N) is 2. The number of rotatable bonds is 5. The number of anilines is 1. The summed E-state index contributed by atoms with van der Waals surface area (Å²) in [6.45, 7) is 0. The van der Waals surface area contributed by atoms with Crippen LogP contribution in [0.2, 0.25) is 5.15 Å². The zero-order valence-corrected chi connectivity index (χ0v) is 18.5. The number of hydrogen-bond acceptors (Lipinski definition) is 8. The van der Waals surface area contributed by atoms with E-state index < -0.39 is 27.8 Å². The summed E-state index contributed by atoms with van der Waals surface area (Å²) in [5.41, 5.74) is 5.57. The Morgan fingerprint density at radius 2 is 1.66 bits per heavy atom. The number of alkyl halides is 3. The highest BCUT2D eigenvalue weighted by Gasteiger charge is 2.32. The van der Waals surface area contributed by atoms with Crippen LogP contribution in [0.1, 0.15) is 0 Å². The topological polar surface area (TPSA) is 126 Å². The van der Waals surface area contributed by atoms with Crippen molar-refractivity contribution in [2.75, 3.05) is 27.0 Å². The first-order valence-electron chi connectivity index (χ1n) is 8.53. The fourth-order valence-corrected chi connectivity index (χ4v) is 3.34. The third kappa shape index (κ3) is 6.24. The number of aromatic nitrogens is 2. The molecule has 3 aromatic rings. The summed E-state index contributed by atoms with van der Waals surface area (Å²) in [5.74, 6) is 0.592. The molecule has 0 spiro atoms. The van der Waals surface area contributed by atoms with E-state index >= 15 is 0 Å². The molecule has 0 unspecified atom stereocenters. The summed E-state index contributed by atoms with van der Waals surface area (Å²) < 4.78 is 74.3. The number of hydrogen-bond donors (Lipinski definition) is 2. The highest BCUT2D eigenvalue weighted by molar-refractivity contribution is 7.89. The van der Waals surface area contributed by atoms with Crippen molar-refractivity contribution in [1.82, 2.24) is 14.7 Å². The predicted octanol–water partition coefficient (Wildman–Crippen LogP) is 3.38. The number of nitrogens with one attached hydrogen (secondary N) is 1. The van der Waals surface area contributed by atoms with Crippen LogP contribution >= 0.6 is 11.6 Å². The highest BCUT2D eigenvalue weighted by Crippen LogP contribution is 2.33. The molecule has 0 amide bonds. The molecule has 0 saturated carbocycles. The Labute approximate surface area is 186 Å². The second-order valence-corrected chi connectivity index (χ2v) is 8.09. The molecule has 3 N–H and O–H groups in total. The van der Waals surface area contributed by atoms with E-state index in [1.54, 1.807) is 26.4 Å². The molecule has 0 saturated heterocycles. The zero-order chi connectivity index (χ0) is 24.1. The highest BCUT2D eigenvalue weighted by atomic mass is 35.5. The molecule has 1 aromatic heterocycles. The van der Waals surface area contributed by atoms with Crippen molar-refractivity contribution in [3.8, 4) is 17.2 Å². The van der Waals surface area contributed by atoms with Gasteiger partial charge in [-0.05, 0) is 31.3 Å². The van der Waals surface area contributed by atoms with Gasteiger partial charge in [-0.3, -0.25) is 0 Å². The van der Waals surface area contributed by atoms with Crippen molar-refractivity contribution in [2.45, 2.75) is 11.3 Å². The van der Waals surface area contributed by atoms with Crippen LogP contribution < -0.4 is 24.7 Å². The molecule has 0 atom stereocenters. The van der Waals surface area contributed by atoms with Crippen LogP contribution in [0.3, 0.4) is 0 Å². The fraction of sp³-hybridized carbons (Fsp3) is 0.222. The summed E-state index contributed by atoms with van der Waals surface area (Å²) >= 11 is 5.93. The minimum atomic E-state index is -4.88. The van der Waals surface area contributed by atoms with Crippen LogP contribution in [-0.4, -0.2) is 46.0 Å². The summed E-state index contributed by atoms with van der Waals surface area (Å²) in [4.78, 5) is 7.75. The summed E-state index contributed by atoms with van der Waals surface area (Å²) in [6, 6.07) is 6.21. The van der Waals surface area contributed by atoms with Gasteiger partial charge in [0.05, 0.1) is 30.3 Å². The van der Waals surface area contributed by atoms with Crippen molar-refractivity contribution in [2.24, 2.45) is 0 Å². The van der Waals surface area contributed by atoms with Crippen LogP contribution in [0, 0.1) is 0 Å². The molecule has 1 heterocycles. The molecule has 174 valence electrons. The average molecular weight is 495 g/mol. The minimum absolute atomic E-state index is 0.243. The van der Waals surface area contributed by atoms with E-state index in [1.165, 1.54) is 13.4 Å². The van der Waals surface area contributed by atoms with Crippen molar-refractivity contribution < 1.29 is 35.8 Å². The van der Waals surface area contributed by atoms with E-state index in [9.17, 15) is 21.6 Å². The first-order valence-corrected chi connectivity index (χ1v) is 10.4. The van der Waals surface area contributed by atoms with E-state index in [0.29, 0.717) is 16.7 Å². The lowest BCUT2D eigenvalue weighted by molar-refractivity contribution is -0.274. The Bertz CT molecular complexity index is 1210. The number of sulfonamides is 1. The van der Waals surface area contributed by atoms with Gasteiger partial charge in [0.25, 0.3) is 0 Å². The van der Waals surface area contributed by atoms with E-state index in [-0.39, 0.29) is 4.90 Å². The van der Waals surface area contributed by atoms with Gasteiger partial charge < -0.3 is 19.9 Å². The summed E-state index contributed by atoms with van der Waals surface area (Å²) in [7, 11) is 0.571. The first kappa shape index (κ1) is 25.2. The molecule has 9 nitrogen and oxygen atoms in total. The molecule has 0 bridgehead atoms. The Morgan fingerprint density at radius 1 is 1.03 bits per heavy atom. The smallest absolute Gasteiger partial charge is 0.493 e. The Hall–Kier alpha value is -3.03. The Kier molecular flexibility index (Phi) is 7.93. The molecular formula is C18H18ClF3N4O5S.